The van der Waals surface area contributed by atoms with Crippen LogP contribution in [0.3, 0.4) is 0 Å². The highest BCUT2D eigenvalue weighted by Gasteiger charge is 2.17. The summed E-state index contributed by atoms with van der Waals surface area (Å²) in [6.07, 6.45) is 3.61. The fourth-order valence-corrected chi connectivity index (χ4v) is 3.46. The highest BCUT2D eigenvalue weighted by molar-refractivity contribution is 6.01. The average molecular weight is 384 g/mol. The van der Waals surface area contributed by atoms with Crippen molar-refractivity contribution in [1.82, 2.24) is 24.5 Å². The minimum atomic E-state index is 0.530. The van der Waals surface area contributed by atoms with E-state index >= 15 is 0 Å². The van der Waals surface area contributed by atoms with E-state index in [0.29, 0.717) is 13.2 Å². The number of anilines is 1. The molecule has 7 nitrogen and oxygen atoms in total. The van der Waals surface area contributed by atoms with Crippen molar-refractivity contribution in [2.45, 2.75) is 0 Å². The van der Waals surface area contributed by atoms with Crippen LogP contribution < -0.4 is 10.1 Å². The smallest absolute Gasteiger partial charge is 0.145 e. The minimum absolute atomic E-state index is 0.530. The van der Waals surface area contributed by atoms with E-state index in [2.05, 4.69) is 20.3 Å². The number of benzene rings is 2. The van der Waals surface area contributed by atoms with Gasteiger partial charge in [0.05, 0.1) is 23.0 Å². The SMILES string of the molecule is Cn1cc(-c2nc3ccccc3[nH]2)c2c(NCCOc3ccccc3)ncnc21. The number of para-hydroxylation sites is 3. The quantitative estimate of drug-likeness (QED) is 0.433. The first-order valence-electron chi connectivity index (χ1n) is 9.46. The summed E-state index contributed by atoms with van der Waals surface area (Å²) in [4.78, 5) is 17.1. The van der Waals surface area contributed by atoms with Crippen LogP contribution in [0.4, 0.5) is 5.82 Å². The van der Waals surface area contributed by atoms with Crippen LogP contribution in [-0.4, -0.2) is 37.7 Å². The zero-order chi connectivity index (χ0) is 19.6. The first-order chi connectivity index (χ1) is 14.3. The van der Waals surface area contributed by atoms with Gasteiger partial charge in [-0.2, -0.15) is 0 Å². The summed E-state index contributed by atoms with van der Waals surface area (Å²) in [5.41, 5.74) is 3.75. The Bertz CT molecular complexity index is 1240. The van der Waals surface area contributed by atoms with E-state index in [1.165, 1.54) is 0 Å². The number of H-pyrrole nitrogens is 1. The molecule has 0 aliphatic heterocycles. The van der Waals surface area contributed by atoms with Gasteiger partial charge in [0.2, 0.25) is 0 Å². The minimum Gasteiger partial charge on any atom is -0.492 e. The van der Waals surface area contributed by atoms with Crippen molar-refractivity contribution >= 4 is 27.9 Å². The standard InChI is InChI=1S/C22H20N6O/c1-28-13-16(20-26-17-9-5-6-10-18(17)27-20)19-21(24-14-25-22(19)28)23-11-12-29-15-7-3-2-4-8-15/h2-10,13-14H,11-12H2,1H3,(H,26,27)(H,23,24,25). The fourth-order valence-electron chi connectivity index (χ4n) is 3.46. The van der Waals surface area contributed by atoms with Crippen LogP contribution in [0, 0.1) is 0 Å². The van der Waals surface area contributed by atoms with Crippen molar-refractivity contribution < 1.29 is 4.74 Å². The third kappa shape index (κ3) is 3.27. The molecular formula is C22H20N6O. The molecule has 0 bridgehead atoms. The Labute approximate surface area is 167 Å². The van der Waals surface area contributed by atoms with Gasteiger partial charge in [0.25, 0.3) is 0 Å². The van der Waals surface area contributed by atoms with Gasteiger partial charge < -0.3 is 19.6 Å². The number of rotatable bonds is 6. The molecule has 144 valence electrons. The molecule has 0 spiro atoms. The van der Waals surface area contributed by atoms with E-state index < -0.39 is 0 Å². The van der Waals surface area contributed by atoms with Crippen molar-refractivity contribution in [3.05, 3.63) is 67.1 Å². The fraction of sp³-hybridized carbons (Fsp3) is 0.136. The Balaban J connectivity index is 1.45. The Morgan fingerprint density at radius 3 is 2.72 bits per heavy atom. The highest BCUT2D eigenvalue weighted by Crippen LogP contribution is 2.32. The molecule has 0 radical (unpaired) electrons. The molecule has 2 N–H and O–H groups in total. The Morgan fingerprint density at radius 1 is 1.03 bits per heavy atom. The molecule has 0 atom stereocenters. The first-order valence-corrected chi connectivity index (χ1v) is 9.46. The number of nitrogens with one attached hydrogen (secondary N) is 2. The molecule has 0 saturated heterocycles. The van der Waals surface area contributed by atoms with Crippen LogP contribution >= 0.6 is 0 Å². The molecule has 0 saturated carbocycles. The van der Waals surface area contributed by atoms with Crippen LogP contribution in [0.1, 0.15) is 0 Å². The second-order valence-corrected chi connectivity index (χ2v) is 6.77. The maximum absolute atomic E-state index is 5.77. The van der Waals surface area contributed by atoms with E-state index in [9.17, 15) is 0 Å². The monoisotopic (exact) mass is 384 g/mol. The molecule has 0 aliphatic carbocycles. The molecule has 7 heteroatoms. The topological polar surface area (TPSA) is 80.7 Å². The van der Waals surface area contributed by atoms with Crippen molar-refractivity contribution in [3.8, 4) is 17.1 Å². The van der Waals surface area contributed by atoms with Crippen LogP contribution in [0.25, 0.3) is 33.5 Å². The predicted molar refractivity (Wildman–Crippen MR) is 114 cm³/mol. The Hall–Kier alpha value is -3.87. The van der Waals surface area contributed by atoms with Crippen molar-refractivity contribution in [1.29, 1.82) is 0 Å². The van der Waals surface area contributed by atoms with Gasteiger partial charge in [-0.3, -0.25) is 0 Å². The van der Waals surface area contributed by atoms with Gasteiger partial charge in [-0.15, -0.1) is 0 Å². The van der Waals surface area contributed by atoms with Gasteiger partial charge in [0.15, 0.2) is 0 Å². The summed E-state index contributed by atoms with van der Waals surface area (Å²) in [5, 5.41) is 4.32. The first kappa shape index (κ1) is 17.2. The zero-order valence-corrected chi connectivity index (χ0v) is 16.0. The summed E-state index contributed by atoms with van der Waals surface area (Å²) >= 11 is 0. The Morgan fingerprint density at radius 2 is 1.86 bits per heavy atom. The maximum Gasteiger partial charge on any atom is 0.145 e. The lowest BCUT2D eigenvalue weighted by Gasteiger charge is -2.09. The van der Waals surface area contributed by atoms with Gasteiger partial charge in [0, 0.05) is 18.8 Å². The number of ether oxygens (including phenoxy) is 1. The molecule has 2 aromatic carbocycles. The molecule has 0 amide bonds. The number of imidazole rings is 1. The number of aromatic amines is 1. The molecule has 0 fully saturated rings. The van der Waals surface area contributed by atoms with E-state index in [4.69, 9.17) is 9.72 Å². The van der Waals surface area contributed by atoms with E-state index in [0.717, 1.165) is 45.0 Å². The van der Waals surface area contributed by atoms with Crippen LogP contribution in [0.5, 0.6) is 5.75 Å². The summed E-state index contributed by atoms with van der Waals surface area (Å²) in [6.45, 7) is 1.15. The van der Waals surface area contributed by atoms with Gasteiger partial charge in [-0.1, -0.05) is 30.3 Å². The number of nitrogens with zero attached hydrogens (tertiary/aromatic N) is 4. The molecule has 3 aromatic heterocycles. The van der Waals surface area contributed by atoms with E-state index in [1.807, 2.05) is 72.4 Å². The molecule has 5 rings (SSSR count). The molecule has 0 unspecified atom stereocenters. The normalized spacial score (nSPS) is 11.2. The van der Waals surface area contributed by atoms with Crippen LogP contribution in [0.2, 0.25) is 0 Å². The highest BCUT2D eigenvalue weighted by atomic mass is 16.5. The van der Waals surface area contributed by atoms with Crippen molar-refractivity contribution in [2.75, 3.05) is 18.5 Å². The number of aryl methyl sites for hydroxylation is 1. The number of hydrogen-bond donors (Lipinski definition) is 2. The number of fused-ring (bicyclic) bond motifs is 2. The summed E-state index contributed by atoms with van der Waals surface area (Å²) in [5.74, 6) is 2.42. The second-order valence-electron chi connectivity index (χ2n) is 6.77. The molecule has 0 aliphatic rings. The van der Waals surface area contributed by atoms with Crippen molar-refractivity contribution in [2.24, 2.45) is 7.05 Å². The predicted octanol–water partition coefficient (Wildman–Crippen LogP) is 4.00. The molecular weight excluding hydrogens is 364 g/mol. The summed E-state index contributed by atoms with van der Waals surface area (Å²) < 4.78 is 7.76. The third-order valence-electron chi connectivity index (χ3n) is 4.80. The summed E-state index contributed by atoms with van der Waals surface area (Å²) in [7, 11) is 1.98. The van der Waals surface area contributed by atoms with Gasteiger partial charge in [-0.05, 0) is 24.3 Å². The molecule has 3 heterocycles. The number of aromatic nitrogens is 5. The van der Waals surface area contributed by atoms with E-state index in [1.54, 1.807) is 6.33 Å². The average Bonchev–Trinajstić information content (AvgIpc) is 3.34. The van der Waals surface area contributed by atoms with Crippen LogP contribution in [-0.2, 0) is 7.05 Å². The lowest BCUT2D eigenvalue weighted by atomic mass is 10.2. The zero-order valence-electron chi connectivity index (χ0n) is 16.0. The van der Waals surface area contributed by atoms with E-state index in [-0.39, 0.29) is 0 Å². The summed E-state index contributed by atoms with van der Waals surface area (Å²) in [6, 6.07) is 17.8. The van der Waals surface area contributed by atoms with Gasteiger partial charge in [0.1, 0.15) is 36.0 Å². The Kier molecular flexibility index (Phi) is 4.32. The molecule has 29 heavy (non-hydrogen) atoms. The number of hydrogen-bond acceptors (Lipinski definition) is 5. The largest absolute Gasteiger partial charge is 0.492 e. The van der Waals surface area contributed by atoms with Crippen molar-refractivity contribution in [3.63, 3.8) is 0 Å². The lowest BCUT2D eigenvalue weighted by molar-refractivity contribution is 0.333. The second kappa shape index (κ2) is 7.27. The third-order valence-corrected chi connectivity index (χ3v) is 4.80. The molecule has 5 aromatic rings. The van der Waals surface area contributed by atoms with Gasteiger partial charge >= 0.3 is 0 Å². The maximum atomic E-state index is 5.77. The van der Waals surface area contributed by atoms with Crippen LogP contribution in [0.15, 0.2) is 67.1 Å². The van der Waals surface area contributed by atoms with Gasteiger partial charge in [-0.25, -0.2) is 15.0 Å². The lowest BCUT2D eigenvalue weighted by Crippen LogP contribution is -2.12.